The zero-order valence-corrected chi connectivity index (χ0v) is 26.2. The number of hydrogen-bond donors (Lipinski definition) is 1. The van der Waals surface area contributed by atoms with Gasteiger partial charge in [-0.05, 0) is 67.6 Å². The van der Waals surface area contributed by atoms with Crippen molar-refractivity contribution in [2.75, 3.05) is 20.8 Å². The number of carbonyl (C=O) groups is 1. The number of aromatic nitrogens is 3. The molecule has 226 valence electrons. The fraction of sp³-hybridized carbons (Fsp3) is 0.250. The molecule has 4 heterocycles. The third-order valence-corrected chi connectivity index (χ3v) is 8.85. The van der Waals surface area contributed by atoms with Crippen molar-refractivity contribution in [1.29, 1.82) is 0 Å². The Morgan fingerprint density at radius 3 is 2.73 bits per heavy atom. The van der Waals surface area contributed by atoms with E-state index in [-0.39, 0.29) is 12.2 Å². The zero-order chi connectivity index (χ0) is 30.8. The molecule has 0 aliphatic carbocycles. The number of aromatic amines is 1. The van der Waals surface area contributed by atoms with Gasteiger partial charge in [0.15, 0.2) is 15.1 Å². The minimum Gasteiger partial charge on any atom is -0.497 e. The van der Waals surface area contributed by atoms with Crippen LogP contribution in [0.3, 0.4) is 0 Å². The lowest BCUT2D eigenvalue weighted by Gasteiger charge is -2.27. The Bertz CT molecular complexity index is 2040. The highest BCUT2D eigenvalue weighted by atomic mass is 32.2. The predicted octanol–water partition coefficient (Wildman–Crippen LogP) is 5.22. The van der Waals surface area contributed by atoms with Crippen molar-refractivity contribution in [2.45, 2.75) is 43.0 Å². The van der Waals surface area contributed by atoms with Crippen molar-refractivity contribution < 1.29 is 23.4 Å². The summed E-state index contributed by atoms with van der Waals surface area (Å²) in [4.78, 5) is 40.8. The van der Waals surface area contributed by atoms with Crippen molar-refractivity contribution >= 4 is 46.2 Å². The lowest BCUT2D eigenvalue weighted by molar-refractivity contribution is -0.139. The fourth-order valence-corrected chi connectivity index (χ4v) is 6.91. The van der Waals surface area contributed by atoms with Crippen LogP contribution in [0.2, 0.25) is 0 Å². The monoisotopic (exact) mass is 630 g/mol. The van der Waals surface area contributed by atoms with Crippen LogP contribution < -0.4 is 24.4 Å². The summed E-state index contributed by atoms with van der Waals surface area (Å²) in [5, 5.41) is 1.32. The number of hydrogen-bond acceptors (Lipinski definition) is 10. The molecule has 1 atom stereocenters. The second kappa shape index (κ2) is 12.6. The summed E-state index contributed by atoms with van der Waals surface area (Å²) in [6.07, 6.45) is 2.97. The Balaban J connectivity index is 1.46. The average Bonchev–Trinajstić information content (AvgIpc) is 3.73. The number of nitrogens with zero attached hydrogens (tertiary/aromatic N) is 3. The Morgan fingerprint density at radius 2 is 1.98 bits per heavy atom. The highest BCUT2D eigenvalue weighted by Crippen LogP contribution is 2.39. The number of carbonyl (C=O) groups excluding carboxylic acids is 1. The van der Waals surface area contributed by atoms with Crippen LogP contribution in [0.1, 0.15) is 44.1 Å². The Labute approximate surface area is 260 Å². The molecule has 1 aliphatic rings. The highest BCUT2D eigenvalue weighted by molar-refractivity contribution is 7.99. The minimum absolute atomic E-state index is 0.182. The Kier molecular flexibility index (Phi) is 8.45. The third-order valence-electron chi connectivity index (χ3n) is 7.06. The number of benzene rings is 2. The summed E-state index contributed by atoms with van der Waals surface area (Å²) in [7, 11) is 3.11. The van der Waals surface area contributed by atoms with Crippen LogP contribution in [0.15, 0.2) is 90.3 Å². The summed E-state index contributed by atoms with van der Waals surface area (Å²) in [5.74, 6) is 1.04. The van der Waals surface area contributed by atoms with E-state index in [9.17, 15) is 9.59 Å². The lowest BCUT2D eigenvalue weighted by atomic mass is 9.93. The first kappa shape index (κ1) is 29.5. The van der Waals surface area contributed by atoms with E-state index in [2.05, 4.69) is 9.97 Å². The summed E-state index contributed by atoms with van der Waals surface area (Å²) in [5.41, 5.74) is 2.97. The maximum atomic E-state index is 14.1. The zero-order valence-electron chi connectivity index (χ0n) is 24.6. The Morgan fingerprint density at radius 1 is 1.14 bits per heavy atom. The van der Waals surface area contributed by atoms with Gasteiger partial charge in [0.2, 0.25) is 0 Å². The van der Waals surface area contributed by atoms with Crippen molar-refractivity contribution in [3.63, 3.8) is 0 Å². The number of H-pyrrole nitrogens is 1. The third kappa shape index (κ3) is 5.58. The van der Waals surface area contributed by atoms with Crippen molar-refractivity contribution in [3.05, 3.63) is 96.9 Å². The first-order valence-corrected chi connectivity index (χ1v) is 15.7. The maximum Gasteiger partial charge on any atom is 0.338 e. The van der Waals surface area contributed by atoms with Gasteiger partial charge in [-0.25, -0.2) is 14.8 Å². The molecule has 0 radical (unpaired) electrons. The van der Waals surface area contributed by atoms with E-state index < -0.39 is 12.0 Å². The first-order chi connectivity index (χ1) is 21.4. The number of imidazole rings is 1. The number of furan rings is 1. The van der Waals surface area contributed by atoms with Crippen LogP contribution in [-0.2, 0) is 9.53 Å². The van der Waals surface area contributed by atoms with E-state index in [1.807, 2.05) is 37.3 Å². The molecule has 0 bridgehead atoms. The molecule has 0 amide bonds. The van der Waals surface area contributed by atoms with Gasteiger partial charge in [0.1, 0.15) is 23.3 Å². The van der Waals surface area contributed by atoms with Gasteiger partial charge in [-0.15, -0.1) is 0 Å². The second-order valence-electron chi connectivity index (χ2n) is 9.84. The molecule has 6 rings (SSSR count). The molecular formula is C32H30N4O6S2. The van der Waals surface area contributed by atoms with E-state index in [1.54, 1.807) is 51.5 Å². The number of rotatable bonds is 10. The first-order valence-electron chi connectivity index (χ1n) is 14.1. The minimum atomic E-state index is -0.838. The van der Waals surface area contributed by atoms with E-state index in [0.29, 0.717) is 60.1 Å². The molecule has 1 N–H and O–H groups in total. The van der Waals surface area contributed by atoms with Gasteiger partial charge in [-0.2, -0.15) is 0 Å². The molecule has 1 aliphatic heterocycles. The van der Waals surface area contributed by atoms with Crippen LogP contribution in [0.4, 0.5) is 0 Å². The van der Waals surface area contributed by atoms with Gasteiger partial charge in [-0.1, -0.05) is 36.8 Å². The highest BCUT2D eigenvalue weighted by Gasteiger charge is 2.36. The van der Waals surface area contributed by atoms with Gasteiger partial charge in [0.05, 0.1) is 47.7 Å². The number of methoxy groups -OCH3 is 2. The lowest BCUT2D eigenvalue weighted by Crippen LogP contribution is -2.40. The number of esters is 1. The molecule has 3 aromatic heterocycles. The average molecular weight is 631 g/mol. The largest absolute Gasteiger partial charge is 0.497 e. The number of thiazole rings is 1. The maximum absolute atomic E-state index is 14.1. The molecular weight excluding hydrogens is 601 g/mol. The second-order valence-corrected chi connectivity index (χ2v) is 11.8. The van der Waals surface area contributed by atoms with Crippen LogP contribution >= 0.6 is 23.1 Å². The van der Waals surface area contributed by atoms with Gasteiger partial charge in [0.25, 0.3) is 5.56 Å². The molecule has 0 fully saturated rings. The number of para-hydroxylation sites is 2. The molecule has 10 nitrogen and oxygen atoms in total. The van der Waals surface area contributed by atoms with Gasteiger partial charge in [-0.3, -0.25) is 9.36 Å². The SMILES string of the molecule is CCCC1=C(C(=O)OCC)[C@H](c2cc(OC)ccc2OC)n2c(s/c(=C/c3ccc(Sc4nc5ccccc5[nH]4)o3)c2=O)=N1. The predicted molar refractivity (Wildman–Crippen MR) is 168 cm³/mol. The molecule has 2 aromatic carbocycles. The van der Waals surface area contributed by atoms with Gasteiger partial charge < -0.3 is 23.6 Å². The van der Waals surface area contributed by atoms with Crippen molar-refractivity contribution in [1.82, 2.24) is 14.5 Å². The van der Waals surface area contributed by atoms with E-state index >= 15 is 0 Å². The van der Waals surface area contributed by atoms with Crippen molar-refractivity contribution in [3.8, 4) is 11.5 Å². The fourth-order valence-electron chi connectivity index (χ4n) is 5.14. The Hall–Kier alpha value is -4.55. The number of allylic oxidation sites excluding steroid dienone is 1. The van der Waals surface area contributed by atoms with Gasteiger partial charge >= 0.3 is 5.97 Å². The molecule has 0 unspecified atom stereocenters. The summed E-state index contributed by atoms with van der Waals surface area (Å²) in [6, 6.07) is 15.9. The molecule has 12 heteroatoms. The number of nitrogens with one attached hydrogen (secondary N) is 1. The molecule has 5 aromatic rings. The van der Waals surface area contributed by atoms with Crippen LogP contribution in [0, 0.1) is 0 Å². The van der Waals surface area contributed by atoms with Crippen LogP contribution in [-0.4, -0.2) is 41.3 Å². The summed E-state index contributed by atoms with van der Waals surface area (Å²) < 4.78 is 24.7. The van der Waals surface area contributed by atoms with Gasteiger partial charge in [0, 0.05) is 11.6 Å². The summed E-state index contributed by atoms with van der Waals surface area (Å²) in [6.45, 7) is 3.94. The van der Waals surface area contributed by atoms with E-state index in [4.69, 9.17) is 23.6 Å². The standard InChI is InChI=1S/C32H30N4O6S2/c1-5-9-23-27(30(38)41-6-2)28(20-16-18(39-3)12-14-24(20)40-4)36-29(37)25(43-32(36)35-23)17-19-13-15-26(42-19)44-31-33-21-10-7-8-11-22(21)34-31/h7-8,10-17,28H,5-6,9H2,1-4H3,(H,33,34)/b25-17+/t28-/m0/s1. The topological polar surface area (TPSA) is 121 Å². The van der Waals surface area contributed by atoms with Crippen molar-refractivity contribution in [2.24, 2.45) is 4.99 Å². The van der Waals surface area contributed by atoms with Crippen LogP contribution in [0.25, 0.3) is 17.1 Å². The molecule has 44 heavy (non-hydrogen) atoms. The smallest absolute Gasteiger partial charge is 0.338 e. The van der Waals surface area contributed by atoms with E-state index in [1.165, 1.54) is 27.7 Å². The number of fused-ring (bicyclic) bond motifs is 2. The number of ether oxygens (including phenoxy) is 3. The normalized spacial score (nSPS) is 14.9. The quantitative estimate of drug-likeness (QED) is 0.209. The summed E-state index contributed by atoms with van der Waals surface area (Å²) >= 11 is 2.60. The van der Waals surface area contributed by atoms with E-state index in [0.717, 1.165) is 17.5 Å². The molecule has 0 saturated carbocycles. The molecule has 0 saturated heterocycles. The van der Waals surface area contributed by atoms with Crippen LogP contribution in [0.5, 0.6) is 11.5 Å². The molecule has 0 spiro atoms.